The molecule has 0 atom stereocenters. The molecule has 0 fully saturated rings. The van der Waals surface area contributed by atoms with E-state index in [0.29, 0.717) is 12.2 Å². The van der Waals surface area contributed by atoms with Gasteiger partial charge in [0.15, 0.2) is 0 Å². The van der Waals surface area contributed by atoms with Gasteiger partial charge in [-0.05, 0) is 18.4 Å². The molecule has 0 heterocycles. The van der Waals surface area contributed by atoms with Crippen LogP contribution in [0.5, 0.6) is 0 Å². The average Bonchev–Trinajstić information content (AvgIpc) is 2.21. The molecule has 86 valence electrons. The summed E-state index contributed by atoms with van der Waals surface area (Å²) >= 11 is 0. The number of carbonyl (C=O) groups is 1. The molecule has 1 aliphatic rings. The van der Waals surface area contributed by atoms with Gasteiger partial charge in [0.1, 0.15) is 5.78 Å². The Hall–Kier alpha value is -0.850. The first kappa shape index (κ1) is 14.2. The molecule has 1 heteroatoms. The van der Waals surface area contributed by atoms with Crippen molar-refractivity contribution in [1.29, 1.82) is 0 Å². The van der Waals surface area contributed by atoms with E-state index in [-0.39, 0.29) is 5.41 Å². The molecule has 0 aromatic heterocycles. The Morgan fingerprint density at radius 2 is 1.87 bits per heavy atom. The Bertz CT molecular complexity index is 251. The van der Waals surface area contributed by atoms with E-state index in [4.69, 9.17) is 0 Å². The van der Waals surface area contributed by atoms with Crippen molar-refractivity contribution in [3.8, 4) is 0 Å². The van der Waals surface area contributed by atoms with Gasteiger partial charge in [-0.2, -0.15) is 0 Å². The van der Waals surface area contributed by atoms with E-state index >= 15 is 0 Å². The van der Waals surface area contributed by atoms with Crippen LogP contribution in [0.3, 0.4) is 0 Å². The molecule has 15 heavy (non-hydrogen) atoms. The maximum atomic E-state index is 11.7. The Morgan fingerprint density at radius 1 is 1.27 bits per heavy atom. The summed E-state index contributed by atoms with van der Waals surface area (Å²) in [4.78, 5) is 11.7. The fraction of sp³-hybridized carbons (Fsp3) is 0.643. The van der Waals surface area contributed by atoms with Crippen molar-refractivity contribution in [3.05, 3.63) is 23.8 Å². The topological polar surface area (TPSA) is 17.1 Å². The van der Waals surface area contributed by atoms with Gasteiger partial charge < -0.3 is 0 Å². The molecular weight excluding hydrogens is 184 g/mol. The number of hydrogen-bond donors (Lipinski definition) is 0. The third kappa shape index (κ3) is 5.56. The second-order valence-electron chi connectivity index (χ2n) is 4.61. The zero-order valence-corrected chi connectivity index (χ0v) is 10.8. The minimum atomic E-state index is -0.202. The highest BCUT2D eigenvalue weighted by atomic mass is 16.1. The number of rotatable bonds is 2. The second kappa shape index (κ2) is 6.60. The standard InChI is InChI=1S/C12H18O.C2H6/c1-12(2,3)11(13)9-10-7-5-4-6-8-10;1-2/h5,7-8H,4,6,9H2,1-3H3;1-2H3. The van der Waals surface area contributed by atoms with Crippen molar-refractivity contribution >= 4 is 5.78 Å². The third-order valence-electron chi connectivity index (χ3n) is 2.27. The average molecular weight is 208 g/mol. The molecule has 0 saturated heterocycles. The normalized spacial score (nSPS) is 15.1. The molecule has 0 spiro atoms. The van der Waals surface area contributed by atoms with E-state index in [9.17, 15) is 4.79 Å². The highest BCUT2D eigenvalue weighted by molar-refractivity contribution is 5.86. The zero-order chi connectivity index (χ0) is 11.9. The van der Waals surface area contributed by atoms with Gasteiger partial charge in [0.05, 0.1) is 0 Å². The van der Waals surface area contributed by atoms with Crippen LogP contribution in [0.4, 0.5) is 0 Å². The van der Waals surface area contributed by atoms with Crippen LogP contribution in [0.15, 0.2) is 23.8 Å². The summed E-state index contributed by atoms with van der Waals surface area (Å²) in [5.74, 6) is 0.324. The van der Waals surface area contributed by atoms with Crippen molar-refractivity contribution in [2.45, 2.75) is 53.9 Å². The Kier molecular flexibility index (Phi) is 6.23. The molecule has 0 N–H and O–H groups in total. The summed E-state index contributed by atoms with van der Waals surface area (Å²) in [7, 11) is 0. The smallest absolute Gasteiger partial charge is 0.142 e. The fourth-order valence-electron chi connectivity index (χ4n) is 1.25. The molecule has 1 rings (SSSR count). The van der Waals surface area contributed by atoms with E-state index in [1.165, 1.54) is 5.57 Å². The summed E-state index contributed by atoms with van der Waals surface area (Å²) < 4.78 is 0. The summed E-state index contributed by atoms with van der Waals surface area (Å²) in [5.41, 5.74) is 0.984. The summed E-state index contributed by atoms with van der Waals surface area (Å²) in [6, 6.07) is 0. The monoisotopic (exact) mass is 208 g/mol. The lowest BCUT2D eigenvalue weighted by molar-refractivity contribution is -0.125. The number of ketones is 1. The molecule has 1 nitrogen and oxygen atoms in total. The molecule has 0 amide bonds. The predicted molar refractivity (Wildman–Crippen MR) is 66.9 cm³/mol. The van der Waals surface area contributed by atoms with Gasteiger partial charge in [-0.1, -0.05) is 52.8 Å². The quantitative estimate of drug-likeness (QED) is 0.661. The molecular formula is C14H24O. The van der Waals surface area contributed by atoms with Crippen molar-refractivity contribution < 1.29 is 4.79 Å². The maximum Gasteiger partial charge on any atom is 0.142 e. The van der Waals surface area contributed by atoms with Crippen molar-refractivity contribution in [2.75, 3.05) is 0 Å². The fourth-order valence-corrected chi connectivity index (χ4v) is 1.25. The molecule has 0 aromatic carbocycles. The number of carbonyl (C=O) groups excluding carboxylic acids is 1. The first-order valence-electron chi connectivity index (χ1n) is 5.89. The molecule has 0 aromatic rings. The van der Waals surface area contributed by atoms with Crippen LogP contribution in [-0.4, -0.2) is 5.78 Å². The minimum Gasteiger partial charge on any atom is -0.299 e. The van der Waals surface area contributed by atoms with Gasteiger partial charge in [0.2, 0.25) is 0 Å². The van der Waals surface area contributed by atoms with Crippen LogP contribution in [0.2, 0.25) is 0 Å². The summed E-state index contributed by atoms with van der Waals surface area (Å²) in [6.45, 7) is 9.92. The van der Waals surface area contributed by atoms with Gasteiger partial charge in [0.25, 0.3) is 0 Å². The number of hydrogen-bond acceptors (Lipinski definition) is 1. The highest BCUT2D eigenvalue weighted by Crippen LogP contribution is 2.22. The number of allylic oxidation sites excluding steroid dienone is 4. The van der Waals surface area contributed by atoms with Crippen molar-refractivity contribution in [2.24, 2.45) is 5.41 Å². The predicted octanol–water partition coefficient (Wildman–Crippen LogP) is 4.29. The van der Waals surface area contributed by atoms with Crippen LogP contribution < -0.4 is 0 Å². The Morgan fingerprint density at radius 3 is 2.27 bits per heavy atom. The first-order valence-corrected chi connectivity index (χ1v) is 5.89. The Balaban J connectivity index is 0.000000921. The zero-order valence-electron chi connectivity index (χ0n) is 10.8. The van der Waals surface area contributed by atoms with Gasteiger partial charge in [-0.25, -0.2) is 0 Å². The number of Topliss-reactive ketones (excluding diaryl/α,β-unsaturated/α-hetero) is 1. The van der Waals surface area contributed by atoms with Gasteiger partial charge >= 0.3 is 0 Å². The SMILES string of the molecule is CC.CC(C)(C)C(=O)CC1=CCCC=C1. The summed E-state index contributed by atoms with van der Waals surface area (Å²) in [5, 5.41) is 0. The lowest BCUT2D eigenvalue weighted by atomic mass is 9.86. The van der Waals surface area contributed by atoms with E-state index in [0.717, 1.165) is 12.8 Å². The first-order chi connectivity index (χ1) is 7.00. The van der Waals surface area contributed by atoms with Crippen molar-refractivity contribution in [3.63, 3.8) is 0 Å². The van der Waals surface area contributed by atoms with E-state index in [1.54, 1.807) is 0 Å². The lowest BCUT2D eigenvalue weighted by Gasteiger charge is -2.17. The summed E-state index contributed by atoms with van der Waals surface area (Å²) in [6.07, 6.45) is 9.19. The maximum absolute atomic E-state index is 11.7. The second-order valence-corrected chi connectivity index (χ2v) is 4.61. The van der Waals surface area contributed by atoms with Crippen LogP contribution in [-0.2, 0) is 4.79 Å². The van der Waals surface area contributed by atoms with Crippen LogP contribution in [0.1, 0.15) is 53.9 Å². The van der Waals surface area contributed by atoms with Gasteiger partial charge in [-0.15, -0.1) is 0 Å². The van der Waals surface area contributed by atoms with E-state index < -0.39 is 0 Å². The lowest BCUT2D eigenvalue weighted by Crippen LogP contribution is -2.20. The molecule has 0 saturated carbocycles. The largest absolute Gasteiger partial charge is 0.299 e. The van der Waals surface area contributed by atoms with E-state index in [1.807, 2.05) is 34.6 Å². The molecule has 0 bridgehead atoms. The minimum absolute atomic E-state index is 0.202. The third-order valence-corrected chi connectivity index (χ3v) is 2.27. The molecule has 0 unspecified atom stereocenters. The highest BCUT2D eigenvalue weighted by Gasteiger charge is 2.21. The van der Waals surface area contributed by atoms with Crippen LogP contribution in [0, 0.1) is 5.41 Å². The van der Waals surface area contributed by atoms with Crippen molar-refractivity contribution in [1.82, 2.24) is 0 Å². The Labute approximate surface area is 94.3 Å². The van der Waals surface area contributed by atoms with Gasteiger partial charge in [0, 0.05) is 11.8 Å². The van der Waals surface area contributed by atoms with E-state index in [2.05, 4.69) is 18.2 Å². The van der Waals surface area contributed by atoms with Crippen LogP contribution in [0.25, 0.3) is 0 Å². The van der Waals surface area contributed by atoms with Crippen LogP contribution >= 0.6 is 0 Å². The van der Waals surface area contributed by atoms with Gasteiger partial charge in [-0.3, -0.25) is 4.79 Å². The molecule has 0 radical (unpaired) electrons. The molecule has 0 aliphatic heterocycles. The molecule has 1 aliphatic carbocycles.